The van der Waals surface area contributed by atoms with Crippen molar-refractivity contribution in [2.45, 2.75) is 26.2 Å². The molecular formula is C14H18N2O. The third-order valence-electron chi connectivity index (χ3n) is 2.61. The monoisotopic (exact) mass is 230 g/mol. The van der Waals surface area contributed by atoms with Crippen LogP contribution in [0.1, 0.15) is 25.3 Å². The summed E-state index contributed by atoms with van der Waals surface area (Å²) in [4.78, 5) is 13.2. The van der Waals surface area contributed by atoms with E-state index in [4.69, 9.17) is 5.26 Å². The van der Waals surface area contributed by atoms with Crippen molar-refractivity contribution >= 4 is 11.5 Å². The molecule has 90 valence electrons. The number of hydrogen-bond donors (Lipinski definition) is 0. The van der Waals surface area contributed by atoms with Crippen molar-refractivity contribution in [2.24, 2.45) is 0 Å². The van der Waals surface area contributed by atoms with Crippen LogP contribution in [0.25, 0.3) is 0 Å². The van der Waals surface area contributed by atoms with Crippen molar-refractivity contribution in [3.05, 3.63) is 29.8 Å². The third-order valence-corrected chi connectivity index (χ3v) is 2.61. The van der Waals surface area contributed by atoms with E-state index in [1.165, 1.54) is 5.56 Å². The highest BCUT2D eigenvalue weighted by atomic mass is 16.1. The van der Waals surface area contributed by atoms with Gasteiger partial charge in [-0.25, -0.2) is 0 Å². The second-order valence-corrected chi connectivity index (χ2v) is 4.15. The average molecular weight is 230 g/mol. The van der Waals surface area contributed by atoms with Gasteiger partial charge in [0.1, 0.15) is 0 Å². The number of nitriles is 1. The number of nitrogens with zero attached hydrogens (tertiary/aromatic N) is 2. The first kappa shape index (κ1) is 13.2. The zero-order valence-corrected chi connectivity index (χ0v) is 10.4. The maximum atomic E-state index is 11.3. The zero-order chi connectivity index (χ0) is 12.7. The highest BCUT2D eigenvalue weighted by molar-refractivity contribution is 5.85. The van der Waals surface area contributed by atoms with Gasteiger partial charge >= 0.3 is 0 Å². The second kappa shape index (κ2) is 6.70. The van der Waals surface area contributed by atoms with E-state index < -0.39 is 0 Å². The van der Waals surface area contributed by atoms with Crippen LogP contribution >= 0.6 is 0 Å². The van der Waals surface area contributed by atoms with E-state index in [2.05, 4.69) is 19.1 Å². The number of rotatable bonds is 6. The van der Waals surface area contributed by atoms with Gasteiger partial charge in [0, 0.05) is 12.7 Å². The number of carbonyl (C=O) groups is 1. The summed E-state index contributed by atoms with van der Waals surface area (Å²) in [5.74, 6) is -0.0485. The molecule has 1 aromatic carbocycles. The van der Waals surface area contributed by atoms with Crippen molar-refractivity contribution in [3.8, 4) is 6.07 Å². The van der Waals surface area contributed by atoms with E-state index >= 15 is 0 Å². The Balaban J connectivity index is 2.60. The Kier molecular flexibility index (Phi) is 5.22. The van der Waals surface area contributed by atoms with Crippen molar-refractivity contribution in [2.75, 3.05) is 18.5 Å². The lowest BCUT2D eigenvalue weighted by Gasteiger charge is -2.18. The first-order valence-electron chi connectivity index (χ1n) is 5.86. The summed E-state index contributed by atoms with van der Waals surface area (Å²) in [6.07, 6.45) is 2.20. The van der Waals surface area contributed by atoms with Crippen LogP contribution in [0.5, 0.6) is 0 Å². The fraction of sp³-hybridized carbons (Fsp3) is 0.429. The normalized spacial score (nSPS) is 9.71. The Bertz CT molecular complexity index is 403. The summed E-state index contributed by atoms with van der Waals surface area (Å²) in [6.45, 7) is 2.45. The van der Waals surface area contributed by atoms with Crippen LogP contribution < -0.4 is 4.90 Å². The number of ketones is 1. The number of Topliss-reactive ketones (excluding diaryl/α,β-unsaturated/α-hetero) is 1. The van der Waals surface area contributed by atoms with Gasteiger partial charge in [0.15, 0.2) is 5.78 Å². The molecule has 0 N–H and O–H groups in total. The van der Waals surface area contributed by atoms with Gasteiger partial charge in [0.25, 0.3) is 0 Å². The van der Waals surface area contributed by atoms with Crippen LogP contribution in [0.3, 0.4) is 0 Å². The molecule has 0 saturated heterocycles. The minimum atomic E-state index is -0.0485. The van der Waals surface area contributed by atoms with Gasteiger partial charge in [-0.2, -0.15) is 5.26 Å². The third kappa shape index (κ3) is 4.28. The van der Waals surface area contributed by atoms with E-state index in [9.17, 15) is 4.79 Å². The minimum Gasteiger partial charge on any atom is -0.367 e. The molecule has 0 aliphatic rings. The van der Waals surface area contributed by atoms with Crippen molar-refractivity contribution < 1.29 is 4.79 Å². The SMILES string of the molecule is CCCc1ccc(N(C)CC(=O)CC#N)cc1. The molecule has 0 fully saturated rings. The Hall–Kier alpha value is -1.82. The molecular weight excluding hydrogens is 212 g/mol. The van der Waals surface area contributed by atoms with Crippen LogP contribution in [-0.2, 0) is 11.2 Å². The molecule has 0 saturated carbocycles. The van der Waals surface area contributed by atoms with Gasteiger partial charge in [-0.3, -0.25) is 4.79 Å². The highest BCUT2D eigenvalue weighted by Gasteiger charge is 2.06. The van der Waals surface area contributed by atoms with Crippen LogP contribution in [0.2, 0.25) is 0 Å². The van der Waals surface area contributed by atoms with Gasteiger partial charge in [-0.1, -0.05) is 25.5 Å². The molecule has 0 amide bonds. The molecule has 0 radical (unpaired) electrons. The van der Waals surface area contributed by atoms with Crippen LogP contribution in [-0.4, -0.2) is 19.4 Å². The maximum Gasteiger partial charge on any atom is 0.166 e. The van der Waals surface area contributed by atoms with Gasteiger partial charge in [0.2, 0.25) is 0 Å². The molecule has 3 heteroatoms. The van der Waals surface area contributed by atoms with Crippen molar-refractivity contribution in [3.63, 3.8) is 0 Å². The van der Waals surface area contributed by atoms with E-state index in [0.717, 1.165) is 18.5 Å². The first-order valence-corrected chi connectivity index (χ1v) is 5.86. The van der Waals surface area contributed by atoms with Gasteiger partial charge < -0.3 is 4.90 Å². The van der Waals surface area contributed by atoms with Gasteiger partial charge in [-0.15, -0.1) is 0 Å². The molecule has 0 unspecified atom stereocenters. The maximum absolute atomic E-state index is 11.3. The predicted molar refractivity (Wildman–Crippen MR) is 68.9 cm³/mol. The second-order valence-electron chi connectivity index (χ2n) is 4.15. The number of aryl methyl sites for hydroxylation is 1. The number of hydrogen-bond acceptors (Lipinski definition) is 3. The fourth-order valence-electron chi connectivity index (χ4n) is 1.71. The van der Waals surface area contributed by atoms with Gasteiger partial charge in [0.05, 0.1) is 19.0 Å². The lowest BCUT2D eigenvalue weighted by molar-refractivity contribution is -0.116. The first-order chi connectivity index (χ1) is 8.17. The van der Waals surface area contributed by atoms with Gasteiger partial charge in [-0.05, 0) is 24.1 Å². The van der Waals surface area contributed by atoms with E-state index in [0.29, 0.717) is 6.54 Å². The molecule has 1 aromatic rings. The Labute approximate surface area is 103 Å². The van der Waals surface area contributed by atoms with Crippen LogP contribution in [0, 0.1) is 11.3 Å². The van der Waals surface area contributed by atoms with E-state index in [-0.39, 0.29) is 12.2 Å². The summed E-state index contributed by atoms with van der Waals surface area (Å²) in [5.41, 5.74) is 2.32. The van der Waals surface area contributed by atoms with E-state index in [1.54, 1.807) is 0 Å². The van der Waals surface area contributed by atoms with E-state index in [1.807, 2.05) is 30.1 Å². The smallest absolute Gasteiger partial charge is 0.166 e. The Morgan fingerprint density at radius 3 is 2.53 bits per heavy atom. The average Bonchev–Trinajstić information content (AvgIpc) is 2.30. The molecule has 0 heterocycles. The summed E-state index contributed by atoms with van der Waals surface area (Å²) in [7, 11) is 1.87. The summed E-state index contributed by atoms with van der Waals surface area (Å²) in [6, 6.07) is 10.1. The molecule has 3 nitrogen and oxygen atoms in total. The summed E-state index contributed by atoms with van der Waals surface area (Å²) < 4.78 is 0. The Morgan fingerprint density at radius 2 is 2.00 bits per heavy atom. The fourth-order valence-corrected chi connectivity index (χ4v) is 1.71. The quantitative estimate of drug-likeness (QED) is 0.754. The largest absolute Gasteiger partial charge is 0.367 e. The van der Waals surface area contributed by atoms with Crippen molar-refractivity contribution in [1.82, 2.24) is 0 Å². The molecule has 0 spiro atoms. The minimum absolute atomic E-state index is 0.0156. The molecule has 0 atom stereocenters. The summed E-state index contributed by atoms with van der Waals surface area (Å²) >= 11 is 0. The lowest BCUT2D eigenvalue weighted by Crippen LogP contribution is -2.25. The molecule has 0 aliphatic carbocycles. The topological polar surface area (TPSA) is 44.1 Å². The number of likely N-dealkylation sites (N-methyl/N-ethyl adjacent to an activating group) is 1. The number of carbonyl (C=O) groups excluding carboxylic acids is 1. The van der Waals surface area contributed by atoms with Crippen LogP contribution in [0.4, 0.5) is 5.69 Å². The number of anilines is 1. The van der Waals surface area contributed by atoms with Crippen molar-refractivity contribution in [1.29, 1.82) is 5.26 Å². The van der Waals surface area contributed by atoms with Crippen LogP contribution in [0.15, 0.2) is 24.3 Å². The molecule has 0 aliphatic heterocycles. The molecule has 0 bridgehead atoms. The molecule has 17 heavy (non-hydrogen) atoms. The molecule has 1 rings (SSSR count). The zero-order valence-electron chi connectivity index (χ0n) is 10.4. The highest BCUT2D eigenvalue weighted by Crippen LogP contribution is 2.14. The summed E-state index contributed by atoms with van der Waals surface area (Å²) in [5, 5.41) is 8.43. The molecule has 0 aromatic heterocycles. The predicted octanol–water partition coefficient (Wildman–Crippen LogP) is 2.56. The lowest BCUT2D eigenvalue weighted by atomic mass is 10.1. The standard InChI is InChI=1S/C14H18N2O/c1-3-4-12-5-7-13(8-6-12)16(2)11-14(17)9-10-15/h5-8H,3-4,9,11H2,1-2H3. The Morgan fingerprint density at radius 1 is 1.35 bits per heavy atom. The number of benzene rings is 1.